The van der Waals surface area contributed by atoms with E-state index < -0.39 is 5.97 Å². The molecule has 1 rings (SSSR count). The highest BCUT2D eigenvalue weighted by atomic mass is 16.5. The summed E-state index contributed by atoms with van der Waals surface area (Å²) in [6, 6.07) is 7.81. The van der Waals surface area contributed by atoms with E-state index in [-0.39, 0.29) is 12.5 Å². The molecule has 0 aliphatic rings. The van der Waals surface area contributed by atoms with Gasteiger partial charge in [-0.25, -0.2) is 0 Å². The third-order valence-electron chi connectivity index (χ3n) is 2.84. The fraction of sp³-hybridized carbons (Fsp3) is 0.467. The van der Waals surface area contributed by atoms with Crippen molar-refractivity contribution in [2.75, 3.05) is 20.2 Å². The van der Waals surface area contributed by atoms with Crippen molar-refractivity contribution in [3.63, 3.8) is 0 Å². The Balaban J connectivity index is 2.16. The number of carbonyl (C=O) groups excluding carboxylic acids is 1. The number of hydrogen-bond acceptors (Lipinski definition) is 3. The van der Waals surface area contributed by atoms with E-state index in [4.69, 9.17) is 9.84 Å². The van der Waals surface area contributed by atoms with Gasteiger partial charge in [0.15, 0.2) is 0 Å². The zero-order valence-corrected chi connectivity index (χ0v) is 12.0. The Morgan fingerprint density at radius 3 is 2.70 bits per heavy atom. The fourth-order valence-corrected chi connectivity index (χ4v) is 1.76. The molecule has 0 heterocycles. The summed E-state index contributed by atoms with van der Waals surface area (Å²) < 4.78 is 5.57. The molecule has 0 aromatic heterocycles. The number of ether oxygens (including phenoxy) is 1. The molecule has 0 unspecified atom stereocenters. The Labute approximate surface area is 119 Å². The summed E-state index contributed by atoms with van der Waals surface area (Å²) in [5.41, 5.74) is 1.15. The second kappa shape index (κ2) is 8.19. The van der Waals surface area contributed by atoms with Crippen molar-refractivity contribution in [3.8, 4) is 5.75 Å². The number of amides is 1. The number of carbonyl (C=O) groups is 2. The molecule has 0 saturated heterocycles. The van der Waals surface area contributed by atoms with Gasteiger partial charge in [0.1, 0.15) is 12.3 Å². The SMILES string of the molecule is Cc1cccc(OCCCCC(=O)N(C)CC(=O)O)c1. The summed E-state index contributed by atoms with van der Waals surface area (Å²) in [6.45, 7) is 2.31. The van der Waals surface area contributed by atoms with E-state index in [1.54, 1.807) is 0 Å². The maximum Gasteiger partial charge on any atom is 0.323 e. The second-order valence-corrected chi connectivity index (χ2v) is 4.77. The molecule has 0 spiro atoms. The van der Waals surface area contributed by atoms with Gasteiger partial charge in [-0.2, -0.15) is 0 Å². The number of benzene rings is 1. The van der Waals surface area contributed by atoms with Gasteiger partial charge in [0.2, 0.25) is 5.91 Å². The average Bonchev–Trinajstić information content (AvgIpc) is 2.37. The van der Waals surface area contributed by atoms with Crippen LogP contribution in [0.3, 0.4) is 0 Å². The first-order chi connectivity index (χ1) is 9.49. The van der Waals surface area contributed by atoms with Gasteiger partial charge in [-0.15, -0.1) is 0 Å². The van der Waals surface area contributed by atoms with Gasteiger partial charge in [0, 0.05) is 13.5 Å². The summed E-state index contributed by atoms with van der Waals surface area (Å²) in [5.74, 6) is -0.314. The highest BCUT2D eigenvalue weighted by Crippen LogP contribution is 2.13. The van der Waals surface area contributed by atoms with E-state index in [9.17, 15) is 9.59 Å². The van der Waals surface area contributed by atoms with Gasteiger partial charge in [0.05, 0.1) is 6.61 Å². The predicted octanol–water partition coefficient (Wildman–Crippen LogP) is 2.09. The lowest BCUT2D eigenvalue weighted by Gasteiger charge is -2.14. The minimum atomic E-state index is -0.997. The van der Waals surface area contributed by atoms with Crippen LogP contribution in [0.25, 0.3) is 0 Å². The normalized spacial score (nSPS) is 10.1. The van der Waals surface area contributed by atoms with E-state index >= 15 is 0 Å². The van der Waals surface area contributed by atoms with Crippen LogP contribution in [0.1, 0.15) is 24.8 Å². The summed E-state index contributed by atoms with van der Waals surface area (Å²) in [4.78, 5) is 23.3. The van der Waals surface area contributed by atoms with E-state index in [0.717, 1.165) is 17.7 Å². The summed E-state index contributed by atoms with van der Waals surface area (Å²) >= 11 is 0. The molecule has 0 radical (unpaired) electrons. The van der Waals surface area contributed by atoms with Gasteiger partial charge < -0.3 is 14.7 Å². The van der Waals surface area contributed by atoms with Crippen LogP contribution in [0.2, 0.25) is 0 Å². The van der Waals surface area contributed by atoms with E-state index in [1.165, 1.54) is 11.9 Å². The Morgan fingerprint density at radius 1 is 1.30 bits per heavy atom. The van der Waals surface area contributed by atoms with E-state index in [1.807, 2.05) is 31.2 Å². The second-order valence-electron chi connectivity index (χ2n) is 4.77. The molecule has 1 aromatic rings. The quantitative estimate of drug-likeness (QED) is 0.740. The van der Waals surface area contributed by atoms with Crippen LogP contribution in [-0.2, 0) is 9.59 Å². The van der Waals surface area contributed by atoms with Crippen molar-refractivity contribution in [2.24, 2.45) is 0 Å². The summed E-state index contributed by atoms with van der Waals surface area (Å²) in [5, 5.41) is 8.58. The Hall–Kier alpha value is -2.04. The van der Waals surface area contributed by atoms with Crippen LogP contribution < -0.4 is 4.74 Å². The van der Waals surface area contributed by atoms with Crippen LogP contribution in [0, 0.1) is 6.92 Å². The maximum atomic E-state index is 11.6. The molecule has 0 aliphatic carbocycles. The van der Waals surface area contributed by atoms with Crippen LogP contribution >= 0.6 is 0 Å². The molecule has 0 saturated carbocycles. The van der Waals surface area contributed by atoms with E-state index in [2.05, 4.69) is 0 Å². The van der Waals surface area contributed by atoms with Crippen LogP contribution in [0.5, 0.6) is 5.75 Å². The first-order valence-electron chi connectivity index (χ1n) is 6.64. The molecular formula is C15H21NO4. The minimum Gasteiger partial charge on any atom is -0.494 e. The average molecular weight is 279 g/mol. The lowest BCUT2D eigenvalue weighted by molar-refractivity contribution is -0.143. The number of rotatable bonds is 8. The first kappa shape index (κ1) is 16.0. The van der Waals surface area contributed by atoms with Crippen LogP contribution in [0.4, 0.5) is 0 Å². The number of hydrogen-bond donors (Lipinski definition) is 1. The van der Waals surface area contributed by atoms with Crippen LogP contribution in [-0.4, -0.2) is 42.1 Å². The molecular weight excluding hydrogens is 258 g/mol. The number of aryl methyl sites for hydroxylation is 1. The van der Waals surface area contributed by atoms with Gasteiger partial charge in [0.25, 0.3) is 0 Å². The lowest BCUT2D eigenvalue weighted by atomic mass is 10.2. The van der Waals surface area contributed by atoms with Gasteiger partial charge in [-0.1, -0.05) is 12.1 Å². The zero-order valence-electron chi connectivity index (χ0n) is 12.0. The minimum absolute atomic E-state index is 0.150. The Kier molecular flexibility index (Phi) is 6.56. The Bertz CT molecular complexity index is 459. The first-order valence-corrected chi connectivity index (χ1v) is 6.64. The van der Waals surface area contributed by atoms with Crippen molar-refractivity contribution in [1.82, 2.24) is 4.90 Å². The topological polar surface area (TPSA) is 66.8 Å². The summed E-state index contributed by atoms with van der Waals surface area (Å²) in [6.07, 6.45) is 1.80. The van der Waals surface area contributed by atoms with Crippen LogP contribution in [0.15, 0.2) is 24.3 Å². The zero-order chi connectivity index (χ0) is 15.0. The maximum absolute atomic E-state index is 11.6. The van der Waals surface area contributed by atoms with Crippen molar-refractivity contribution in [1.29, 1.82) is 0 Å². The Morgan fingerprint density at radius 2 is 2.05 bits per heavy atom. The monoisotopic (exact) mass is 279 g/mol. The van der Waals surface area contributed by atoms with Gasteiger partial charge in [-0.05, 0) is 37.5 Å². The largest absolute Gasteiger partial charge is 0.494 e. The molecule has 0 aliphatic heterocycles. The lowest BCUT2D eigenvalue weighted by Crippen LogP contribution is -2.31. The third kappa shape index (κ3) is 6.22. The van der Waals surface area contributed by atoms with E-state index in [0.29, 0.717) is 19.4 Å². The van der Waals surface area contributed by atoms with Gasteiger partial charge in [-0.3, -0.25) is 9.59 Å². The standard InChI is InChI=1S/C15H21NO4/c1-12-6-5-7-13(10-12)20-9-4-3-8-14(17)16(2)11-15(18)19/h5-7,10H,3-4,8-9,11H2,1-2H3,(H,18,19). The molecule has 0 atom stereocenters. The van der Waals surface area contributed by atoms with Gasteiger partial charge >= 0.3 is 5.97 Å². The highest BCUT2D eigenvalue weighted by Gasteiger charge is 2.11. The molecule has 1 aromatic carbocycles. The number of nitrogens with zero attached hydrogens (tertiary/aromatic N) is 1. The fourth-order valence-electron chi connectivity index (χ4n) is 1.76. The third-order valence-corrected chi connectivity index (χ3v) is 2.84. The molecule has 5 nitrogen and oxygen atoms in total. The smallest absolute Gasteiger partial charge is 0.323 e. The number of carboxylic acids is 1. The van der Waals surface area contributed by atoms with Crippen molar-refractivity contribution in [2.45, 2.75) is 26.2 Å². The molecule has 5 heteroatoms. The number of aliphatic carboxylic acids is 1. The number of unbranched alkanes of at least 4 members (excludes halogenated alkanes) is 1. The van der Waals surface area contributed by atoms with Crippen molar-refractivity contribution < 1.29 is 19.4 Å². The molecule has 20 heavy (non-hydrogen) atoms. The molecule has 1 N–H and O–H groups in total. The van der Waals surface area contributed by atoms with Crippen molar-refractivity contribution in [3.05, 3.63) is 29.8 Å². The summed E-state index contributed by atoms with van der Waals surface area (Å²) in [7, 11) is 1.50. The predicted molar refractivity (Wildman–Crippen MR) is 75.8 cm³/mol. The molecule has 1 amide bonds. The highest BCUT2D eigenvalue weighted by molar-refractivity contribution is 5.80. The molecule has 110 valence electrons. The molecule has 0 fully saturated rings. The number of likely N-dealkylation sites (N-methyl/N-ethyl adjacent to an activating group) is 1. The van der Waals surface area contributed by atoms with Crippen molar-refractivity contribution >= 4 is 11.9 Å². The molecule has 0 bridgehead atoms. The number of carboxylic acid groups (broad SMARTS) is 1.